The molecule has 72 valence electrons. The summed E-state index contributed by atoms with van der Waals surface area (Å²) in [5.74, 6) is -0.165. The number of rotatable bonds is 2. The maximum Gasteiger partial charge on any atom is 0.231 e. The van der Waals surface area contributed by atoms with E-state index in [1.54, 1.807) is 13.2 Å². The van der Waals surface area contributed by atoms with Crippen LogP contribution in [0.2, 0.25) is 0 Å². The van der Waals surface area contributed by atoms with E-state index in [1.165, 1.54) is 18.3 Å². The van der Waals surface area contributed by atoms with Crippen LogP contribution < -0.4 is 5.32 Å². The van der Waals surface area contributed by atoms with Crippen LogP contribution in [0.4, 0.5) is 5.13 Å². The fraction of sp³-hybridized carbons (Fsp3) is 0.429. The van der Waals surface area contributed by atoms with E-state index in [9.17, 15) is 9.35 Å². The lowest BCUT2D eigenvalue weighted by atomic mass is 10.6. The second-order valence-corrected chi connectivity index (χ2v) is 5.10. The molecule has 1 heterocycles. The molecule has 4 nitrogen and oxygen atoms in total. The zero-order valence-electron chi connectivity index (χ0n) is 7.58. The van der Waals surface area contributed by atoms with E-state index >= 15 is 0 Å². The van der Waals surface area contributed by atoms with Gasteiger partial charge in [0.25, 0.3) is 0 Å². The first-order valence-electron chi connectivity index (χ1n) is 3.59. The normalized spacial score (nSPS) is 12.6. The summed E-state index contributed by atoms with van der Waals surface area (Å²) in [4.78, 5) is 14.7. The monoisotopic (exact) mass is 218 g/mol. The quantitative estimate of drug-likeness (QED) is 0.757. The minimum atomic E-state index is -1.03. The molecule has 0 saturated heterocycles. The third kappa shape index (κ3) is 2.68. The number of nitrogens with one attached hydrogen (secondary N) is 1. The Morgan fingerprint density at radius 3 is 2.69 bits per heavy atom. The van der Waals surface area contributed by atoms with Crippen LogP contribution in [0.25, 0.3) is 0 Å². The largest absolute Gasteiger partial charge is 0.611 e. The van der Waals surface area contributed by atoms with E-state index in [0.717, 1.165) is 5.69 Å². The first-order chi connectivity index (χ1) is 6.00. The second-order valence-electron chi connectivity index (χ2n) is 2.53. The van der Waals surface area contributed by atoms with Crippen molar-refractivity contribution < 1.29 is 9.35 Å². The number of amides is 1. The van der Waals surface area contributed by atoms with Crippen LogP contribution in [-0.4, -0.2) is 21.7 Å². The molecule has 1 N–H and O–H groups in total. The Labute approximate surface area is 83.6 Å². The smallest absolute Gasteiger partial charge is 0.231 e. The minimum Gasteiger partial charge on any atom is -0.611 e. The molecule has 1 atom stereocenters. The molecule has 1 aromatic rings. The molecule has 0 spiro atoms. The topological polar surface area (TPSA) is 65.0 Å². The number of thiazole rings is 1. The lowest BCUT2D eigenvalue weighted by Crippen LogP contribution is -2.04. The van der Waals surface area contributed by atoms with Gasteiger partial charge in [-0.1, -0.05) is 0 Å². The summed E-state index contributed by atoms with van der Waals surface area (Å²) in [5.41, 5.74) is 0.717. The number of anilines is 1. The third-order valence-electron chi connectivity index (χ3n) is 1.30. The summed E-state index contributed by atoms with van der Waals surface area (Å²) < 4.78 is 11.8. The Hall–Kier alpha value is -0.590. The molecular formula is C7H10N2O2S2. The Morgan fingerprint density at radius 2 is 2.31 bits per heavy atom. The zero-order valence-corrected chi connectivity index (χ0v) is 9.21. The summed E-state index contributed by atoms with van der Waals surface area (Å²) in [5, 5.41) is 3.06. The Balaban J connectivity index is 2.88. The number of hydrogen-bond acceptors (Lipinski definition) is 4. The van der Waals surface area contributed by atoms with Gasteiger partial charge in [-0.15, -0.1) is 0 Å². The average Bonchev–Trinajstić information content (AvgIpc) is 2.29. The minimum absolute atomic E-state index is 0.165. The van der Waals surface area contributed by atoms with Gasteiger partial charge in [0.15, 0.2) is 5.13 Å². The van der Waals surface area contributed by atoms with E-state index in [4.69, 9.17) is 0 Å². The number of hydrogen-bond donors (Lipinski definition) is 1. The molecule has 1 unspecified atom stereocenters. The molecule has 0 aliphatic heterocycles. The van der Waals surface area contributed by atoms with Crippen molar-refractivity contribution in [1.29, 1.82) is 0 Å². The molecule has 0 radical (unpaired) electrons. The third-order valence-corrected chi connectivity index (χ3v) is 3.94. The highest BCUT2D eigenvalue weighted by atomic mass is 32.2. The predicted octanol–water partition coefficient (Wildman–Crippen LogP) is 1.15. The first-order valence-corrected chi connectivity index (χ1v) is 5.96. The van der Waals surface area contributed by atoms with Gasteiger partial charge in [-0.25, -0.2) is 4.98 Å². The molecular weight excluding hydrogens is 208 g/mol. The number of carbonyl (C=O) groups excluding carboxylic acids is 1. The Bertz CT molecular complexity index is 322. The second kappa shape index (κ2) is 4.08. The molecule has 0 aliphatic carbocycles. The van der Waals surface area contributed by atoms with Crippen molar-refractivity contribution in [1.82, 2.24) is 4.98 Å². The molecule has 0 saturated carbocycles. The van der Waals surface area contributed by atoms with Crippen LogP contribution in [0.15, 0.2) is 4.21 Å². The highest BCUT2D eigenvalue weighted by molar-refractivity contribution is 7.92. The summed E-state index contributed by atoms with van der Waals surface area (Å²) in [6, 6.07) is 0. The van der Waals surface area contributed by atoms with Crippen LogP contribution in [0.3, 0.4) is 0 Å². The average molecular weight is 218 g/mol. The van der Waals surface area contributed by atoms with Crippen LogP contribution in [0.1, 0.15) is 12.6 Å². The lowest BCUT2D eigenvalue weighted by molar-refractivity contribution is -0.114. The number of nitrogens with zero attached hydrogens (tertiary/aromatic N) is 1. The SMILES string of the molecule is CC(=O)Nc1nc(C)c([S+](C)[O-])s1. The molecule has 1 rings (SSSR count). The molecule has 1 amide bonds. The highest BCUT2D eigenvalue weighted by Gasteiger charge is 2.15. The van der Waals surface area contributed by atoms with Crippen LogP contribution in [-0.2, 0) is 16.0 Å². The van der Waals surface area contributed by atoms with Gasteiger partial charge in [-0.2, -0.15) is 0 Å². The van der Waals surface area contributed by atoms with Gasteiger partial charge in [0, 0.05) is 6.92 Å². The van der Waals surface area contributed by atoms with Crippen molar-refractivity contribution in [3.8, 4) is 0 Å². The van der Waals surface area contributed by atoms with Crippen molar-refractivity contribution in [2.24, 2.45) is 0 Å². The van der Waals surface area contributed by atoms with Crippen LogP contribution >= 0.6 is 11.3 Å². The fourth-order valence-electron chi connectivity index (χ4n) is 0.853. The zero-order chi connectivity index (χ0) is 10.0. The predicted molar refractivity (Wildman–Crippen MR) is 53.5 cm³/mol. The molecule has 13 heavy (non-hydrogen) atoms. The van der Waals surface area contributed by atoms with E-state index in [-0.39, 0.29) is 5.91 Å². The molecule has 0 aromatic carbocycles. The van der Waals surface area contributed by atoms with E-state index in [0.29, 0.717) is 9.34 Å². The standard InChI is InChI=1S/C7H10N2O2S2/c1-4-6(13(3)11)12-7(8-4)9-5(2)10/h1-3H3,(H,8,9,10). The van der Waals surface area contributed by atoms with Crippen molar-refractivity contribution in [3.05, 3.63) is 5.69 Å². The number of carbonyl (C=O) groups is 1. The summed E-state index contributed by atoms with van der Waals surface area (Å²) in [6.07, 6.45) is 1.60. The van der Waals surface area contributed by atoms with Gasteiger partial charge >= 0.3 is 0 Å². The Kier molecular flexibility index (Phi) is 3.29. The molecule has 0 aliphatic rings. The van der Waals surface area contributed by atoms with Crippen molar-refractivity contribution in [2.75, 3.05) is 11.6 Å². The Morgan fingerprint density at radius 1 is 1.69 bits per heavy atom. The molecule has 6 heteroatoms. The first kappa shape index (κ1) is 10.5. The van der Waals surface area contributed by atoms with Crippen LogP contribution in [0.5, 0.6) is 0 Å². The van der Waals surface area contributed by atoms with E-state index in [2.05, 4.69) is 10.3 Å². The number of aryl methyl sites for hydroxylation is 1. The summed E-state index contributed by atoms with van der Waals surface area (Å²) in [6.45, 7) is 3.19. The molecule has 1 aromatic heterocycles. The van der Waals surface area contributed by atoms with Gasteiger partial charge in [0.2, 0.25) is 10.1 Å². The van der Waals surface area contributed by atoms with Gasteiger partial charge in [-0.05, 0) is 29.4 Å². The fourth-order valence-corrected chi connectivity index (χ4v) is 2.77. The molecule has 0 bridgehead atoms. The summed E-state index contributed by atoms with van der Waals surface area (Å²) >= 11 is 0.223. The number of aromatic nitrogens is 1. The molecule has 0 fully saturated rings. The van der Waals surface area contributed by atoms with Gasteiger partial charge in [-0.3, -0.25) is 4.79 Å². The van der Waals surface area contributed by atoms with Gasteiger partial charge in [0.05, 0.1) is 0 Å². The highest BCUT2D eigenvalue weighted by Crippen LogP contribution is 2.26. The van der Waals surface area contributed by atoms with E-state index < -0.39 is 11.2 Å². The van der Waals surface area contributed by atoms with Crippen LogP contribution in [0, 0.1) is 6.92 Å². The van der Waals surface area contributed by atoms with Gasteiger partial charge in [0.1, 0.15) is 11.9 Å². The van der Waals surface area contributed by atoms with Crippen molar-refractivity contribution in [3.63, 3.8) is 0 Å². The van der Waals surface area contributed by atoms with Crippen molar-refractivity contribution in [2.45, 2.75) is 18.1 Å². The maximum absolute atomic E-state index is 11.1. The summed E-state index contributed by atoms with van der Waals surface area (Å²) in [7, 11) is 0. The van der Waals surface area contributed by atoms with E-state index in [1.807, 2.05) is 0 Å². The van der Waals surface area contributed by atoms with Gasteiger partial charge < -0.3 is 9.87 Å². The lowest BCUT2D eigenvalue weighted by Gasteiger charge is -1.98. The maximum atomic E-state index is 11.1. The van der Waals surface area contributed by atoms with Crippen molar-refractivity contribution >= 4 is 33.6 Å².